The van der Waals surface area contributed by atoms with Gasteiger partial charge in [0, 0.05) is 24.9 Å². The largest absolute Gasteiger partial charge is 0.497 e. The second-order valence-electron chi connectivity index (χ2n) is 6.15. The normalized spacial score (nSPS) is 10.8. The van der Waals surface area contributed by atoms with Gasteiger partial charge in [-0.25, -0.2) is 0 Å². The fraction of sp³-hybridized carbons (Fsp3) is 0.500. The molecule has 0 bridgehead atoms. The number of aromatic nitrogens is 1. The lowest BCUT2D eigenvalue weighted by Gasteiger charge is -2.18. The van der Waals surface area contributed by atoms with Crippen molar-refractivity contribution in [3.63, 3.8) is 0 Å². The van der Waals surface area contributed by atoms with E-state index in [1.54, 1.807) is 17.7 Å². The van der Waals surface area contributed by atoms with Crippen LogP contribution in [0.1, 0.15) is 46.5 Å². The summed E-state index contributed by atoms with van der Waals surface area (Å²) in [5.41, 5.74) is 0.353. The number of fused-ring (bicyclic) bond motifs is 1. The van der Waals surface area contributed by atoms with Crippen LogP contribution < -0.4 is 19.8 Å². The maximum atomic E-state index is 13.0. The zero-order valence-electron chi connectivity index (χ0n) is 16.0. The Morgan fingerprint density at radius 1 is 1.12 bits per heavy atom. The number of nitrogens with zero attached hydrogens (tertiary/aromatic N) is 1. The molecule has 0 atom stereocenters. The SMILES string of the molecule is CCCCOc1c(OC(C)=O)c(=O)n(CCCC)c2cc(OC)ccc12. The first-order valence-corrected chi connectivity index (χ1v) is 9.09. The van der Waals surface area contributed by atoms with Crippen molar-refractivity contribution in [2.24, 2.45) is 0 Å². The molecule has 1 aromatic heterocycles. The van der Waals surface area contributed by atoms with Crippen molar-refractivity contribution in [3.8, 4) is 17.2 Å². The van der Waals surface area contributed by atoms with E-state index in [2.05, 4.69) is 13.8 Å². The van der Waals surface area contributed by atoms with Crippen molar-refractivity contribution in [1.29, 1.82) is 0 Å². The fourth-order valence-corrected chi connectivity index (χ4v) is 2.74. The van der Waals surface area contributed by atoms with Crippen LogP contribution in [-0.2, 0) is 11.3 Å². The van der Waals surface area contributed by atoms with Crippen molar-refractivity contribution in [3.05, 3.63) is 28.6 Å². The van der Waals surface area contributed by atoms with Crippen molar-refractivity contribution < 1.29 is 19.0 Å². The van der Waals surface area contributed by atoms with Crippen molar-refractivity contribution in [2.75, 3.05) is 13.7 Å². The Kier molecular flexibility index (Phi) is 7.06. The zero-order chi connectivity index (χ0) is 19.1. The van der Waals surface area contributed by atoms with Gasteiger partial charge in [-0.2, -0.15) is 0 Å². The summed E-state index contributed by atoms with van der Waals surface area (Å²) in [6.07, 6.45) is 3.58. The Bertz CT molecular complexity index is 825. The van der Waals surface area contributed by atoms with E-state index in [-0.39, 0.29) is 11.3 Å². The van der Waals surface area contributed by atoms with Crippen LogP contribution in [0.2, 0.25) is 0 Å². The number of esters is 1. The molecule has 6 heteroatoms. The van der Waals surface area contributed by atoms with Crippen LogP contribution in [0.5, 0.6) is 17.2 Å². The van der Waals surface area contributed by atoms with Crippen LogP contribution in [0.15, 0.2) is 23.0 Å². The molecular weight excluding hydrogens is 334 g/mol. The lowest BCUT2D eigenvalue weighted by Crippen LogP contribution is -2.25. The summed E-state index contributed by atoms with van der Waals surface area (Å²) in [5, 5.41) is 0.730. The first-order valence-electron chi connectivity index (χ1n) is 9.09. The summed E-state index contributed by atoms with van der Waals surface area (Å²) in [7, 11) is 1.58. The summed E-state index contributed by atoms with van der Waals surface area (Å²) in [6, 6.07) is 5.46. The van der Waals surface area contributed by atoms with Gasteiger partial charge >= 0.3 is 5.97 Å². The number of hydrogen-bond acceptors (Lipinski definition) is 5. The Hall–Kier alpha value is -2.50. The molecule has 0 N–H and O–H groups in total. The number of aryl methyl sites for hydroxylation is 1. The molecule has 1 heterocycles. The lowest BCUT2D eigenvalue weighted by atomic mass is 10.1. The average molecular weight is 361 g/mol. The molecule has 26 heavy (non-hydrogen) atoms. The Morgan fingerprint density at radius 2 is 1.85 bits per heavy atom. The van der Waals surface area contributed by atoms with Gasteiger partial charge in [-0.1, -0.05) is 26.7 Å². The van der Waals surface area contributed by atoms with Gasteiger partial charge in [0.1, 0.15) is 5.75 Å². The van der Waals surface area contributed by atoms with Crippen LogP contribution in [0.3, 0.4) is 0 Å². The molecule has 0 aliphatic carbocycles. The van der Waals surface area contributed by atoms with Crippen LogP contribution in [-0.4, -0.2) is 24.3 Å². The number of pyridine rings is 1. The molecular formula is C20H27NO5. The molecule has 0 amide bonds. The summed E-state index contributed by atoms with van der Waals surface area (Å²) in [6.45, 7) is 6.38. The molecule has 0 saturated carbocycles. The number of ether oxygens (including phenoxy) is 3. The van der Waals surface area contributed by atoms with E-state index in [1.165, 1.54) is 6.92 Å². The van der Waals surface area contributed by atoms with Gasteiger partial charge in [-0.3, -0.25) is 9.59 Å². The van der Waals surface area contributed by atoms with E-state index in [4.69, 9.17) is 14.2 Å². The number of benzene rings is 1. The average Bonchev–Trinajstić information content (AvgIpc) is 2.63. The van der Waals surface area contributed by atoms with E-state index in [9.17, 15) is 9.59 Å². The number of unbranched alkanes of at least 4 members (excludes halogenated alkanes) is 2. The zero-order valence-corrected chi connectivity index (χ0v) is 16.0. The number of methoxy groups -OCH3 is 1. The number of hydrogen-bond donors (Lipinski definition) is 0. The van der Waals surface area contributed by atoms with Crippen LogP contribution in [0, 0.1) is 0 Å². The molecule has 0 radical (unpaired) electrons. The monoisotopic (exact) mass is 361 g/mol. The van der Waals surface area contributed by atoms with Crippen molar-refractivity contribution in [2.45, 2.75) is 53.0 Å². The van der Waals surface area contributed by atoms with E-state index in [0.717, 1.165) is 31.1 Å². The van der Waals surface area contributed by atoms with Gasteiger partial charge < -0.3 is 18.8 Å². The molecule has 0 aliphatic heterocycles. The first kappa shape index (κ1) is 19.8. The summed E-state index contributed by atoms with van der Waals surface area (Å²) < 4.78 is 18.1. The maximum absolute atomic E-state index is 13.0. The highest BCUT2D eigenvalue weighted by atomic mass is 16.6. The van der Waals surface area contributed by atoms with Gasteiger partial charge in [0.05, 0.1) is 19.2 Å². The highest BCUT2D eigenvalue weighted by Gasteiger charge is 2.21. The third-order valence-electron chi connectivity index (χ3n) is 4.11. The predicted molar refractivity (Wildman–Crippen MR) is 101 cm³/mol. The maximum Gasteiger partial charge on any atom is 0.308 e. The highest BCUT2D eigenvalue weighted by Crippen LogP contribution is 2.35. The molecule has 0 unspecified atom stereocenters. The van der Waals surface area contributed by atoms with Crippen LogP contribution >= 0.6 is 0 Å². The van der Waals surface area contributed by atoms with E-state index < -0.39 is 5.97 Å². The Balaban J connectivity index is 2.74. The predicted octanol–water partition coefficient (Wildman–Crippen LogP) is 3.91. The van der Waals surface area contributed by atoms with Crippen molar-refractivity contribution >= 4 is 16.9 Å². The van der Waals surface area contributed by atoms with Gasteiger partial charge in [0.25, 0.3) is 5.56 Å². The molecule has 2 aromatic rings. The lowest BCUT2D eigenvalue weighted by molar-refractivity contribution is -0.132. The molecule has 0 saturated heterocycles. The van der Waals surface area contributed by atoms with Gasteiger partial charge in [0.2, 0.25) is 5.75 Å². The molecule has 0 aliphatic rings. The summed E-state index contributed by atoms with van der Waals surface area (Å²) in [4.78, 5) is 24.6. The highest BCUT2D eigenvalue weighted by molar-refractivity contribution is 5.90. The van der Waals surface area contributed by atoms with E-state index in [0.29, 0.717) is 30.2 Å². The molecule has 0 fully saturated rings. The van der Waals surface area contributed by atoms with E-state index >= 15 is 0 Å². The molecule has 142 valence electrons. The number of rotatable bonds is 9. The van der Waals surface area contributed by atoms with Crippen LogP contribution in [0.25, 0.3) is 10.9 Å². The number of carbonyl (C=O) groups is 1. The quantitative estimate of drug-likeness (QED) is 0.500. The Morgan fingerprint density at radius 3 is 2.46 bits per heavy atom. The van der Waals surface area contributed by atoms with Gasteiger partial charge in [0.15, 0.2) is 5.75 Å². The molecule has 0 spiro atoms. The summed E-state index contributed by atoms with van der Waals surface area (Å²) in [5.74, 6) is 0.394. The smallest absolute Gasteiger partial charge is 0.308 e. The standard InChI is InChI=1S/C20H27NO5/c1-5-7-11-21-17-13-15(24-4)9-10-16(17)18(25-12-8-6-2)19(20(21)23)26-14(3)22/h9-10,13H,5-8,11-12H2,1-4H3. The van der Waals surface area contributed by atoms with Crippen LogP contribution in [0.4, 0.5) is 0 Å². The molecule has 6 nitrogen and oxygen atoms in total. The molecule has 1 aromatic carbocycles. The van der Waals surface area contributed by atoms with E-state index in [1.807, 2.05) is 12.1 Å². The topological polar surface area (TPSA) is 66.8 Å². The second kappa shape index (κ2) is 9.27. The van der Waals surface area contributed by atoms with Gasteiger partial charge in [-0.15, -0.1) is 0 Å². The minimum absolute atomic E-state index is 0.0395. The fourth-order valence-electron chi connectivity index (χ4n) is 2.74. The Labute approximate surface area is 153 Å². The summed E-state index contributed by atoms with van der Waals surface area (Å²) >= 11 is 0. The first-order chi connectivity index (χ1) is 12.5. The third-order valence-corrected chi connectivity index (χ3v) is 4.11. The third kappa shape index (κ3) is 4.36. The van der Waals surface area contributed by atoms with Gasteiger partial charge in [-0.05, 0) is 25.0 Å². The van der Waals surface area contributed by atoms with Crippen molar-refractivity contribution in [1.82, 2.24) is 4.57 Å². The molecule has 2 rings (SSSR count). The second-order valence-corrected chi connectivity index (χ2v) is 6.15. The minimum Gasteiger partial charge on any atom is -0.497 e. The minimum atomic E-state index is -0.544. The number of carbonyl (C=O) groups excluding carboxylic acids is 1.